The number of rotatable bonds is 7. The molecule has 1 heterocycles. The third-order valence-corrected chi connectivity index (χ3v) is 2.89. The van der Waals surface area contributed by atoms with Crippen LogP contribution in [0.5, 0.6) is 17.2 Å². The van der Waals surface area contributed by atoms with Crippen LogP contribution in [0.1, 0.15) is 5.69 Å². The molecule has 0 aliphatic rings. The van der Waals surface area contributed by atoms with Gasteiger partial charge in [0.1, 0.15) is 17.2 Å². The van der Waals surface area contributed by atoms with E-state index >= 15 is 0 Å². The number of hydrogen-bond donors (Lipinski definition) is 1. The summed E-state index contributed by atoms with van der Waals surface area (Å²) in [5.74, 6) is 1.48. The van der Waals surface area contributed by atoms with Crippen molar-refractivity contribution in [3.8, 4) is 17.2 Å². The van der Waals surface area contributed by atoms with Crippen molar-refractivity contribution in [3.63, 3.8) is 0 Å². The molecular formula is C16H18N2O4. The highest BCUT2D eigenvalue weighted by molar-refractivity contribution is 5.77. The van der Waals surface area contributed by atoms with Gasteiger partial charge >= 0.3 is 0 Å². The molecular weight excluding hydrogens is 284 g/mol. The fourth-order valence-electron chi connectivity index (χ4n) is 1.76. The zero-order valence-corrected chi connectivity index (χ0v) is 12.5. The minimum Gasteiger partial charge on any atom is -0.496 e. The first-order valence-electron chi connectivity index (χ1n) is 6.73. The first-order valence-corrected chi connectivity index (χ1v) is 6.73. The van der Waals surface area contributed by atoms with E-state index in [9.17, 15) is 4.79 Å². The van der Waals surface area contributed by atoms with Gasteiger partial charge in [0.05, 0.1) is 26.5 Å². The summed E-state index contributed by atoms with van der Waals surface area (Å²) in [4.78, 5) is 15.9. The van der Waals surface area contributed by atoms with E-state index in [0.717, 1.165) is 5.69 Å². The summed E-state index contributed by atoms with van der Waals surface area (Å²) in [5, 5.41) is 2.74. The summed E-state index contributed by atoms with van der Waals surface area (Å²) in [6, 6.07) is 10.6. The molecule has 0 atom stereocenters. The van der Waals surface area contributed by atoms with Crippen LogP contribution in [-0.4, -0.2) is 31.7 Å². The van der Waals surface area contributed by atoms with Crippen molar-refractivity contribution in [3.05, 3.63) is 48.3 Å². The zero-order chi connectivity index (χ0) is 15.8. The van der Waals surface area contributed by atoms with Crippen molar-refractivity contribution in [1.82, 2.24) is 10.3 Å². The van der Waals surface area contributed by atoms with Crippen LogP contribution in [0.15, 0.2) is 42.6 Å². The van der Waals surface area contributed by atoms with Crippen LogP contribution in [0.3, 0.4) is 0 Å². The largest absolute Gasteiger partial charge is 0.496 e. The van der Waals surface area contributed by atoms with Gasteiger partial charge in [-0.15, -0.1) is 0 Å². The molecule has 6 heteroatoms. The van der Waals surface area contributed by atoms with E-state index in [1.165, 1.54) is 0 Å². The van der Waals surface area contributed by atoms with E-state index in [1.54, 1.807) is 38.6 Å². The summed E-state index contributed by atoms with van der Waals surface area (Å²) >= 11 is 0. The summed E-state index contributed by atoms with van der Waals surface area (Å²) in [6.07, 6.45) is 1.68. The molecule has 2 rings (SSSR count). The Kier molecular flexibility index (Phi) is 5.59. The summed E-state index contributed by atoms with van der Waals surface area (Å²) in [6.45, 7) is 0.271. The standard InChI is InChI=1S/C16H18N2O4/c1-20-13-7-14(21-2)9-15(8-13)22-11-16(19)18-10-12-5-3-4-6-17-12/h3-9H,10-11H2,1-2H3,(H,18,19). The molecule has 1 N–H and O–H groups in total. The quantitative estimate of drug-likeness (QED) is 0.844. The van der Waals surface area contributed by atoms with Crippen LogP contribution in [0, 0.1) is 0 Å². The lowest BCUT2D eigenvalue weighted by Crippen LogP contribution is -2.28. The van der Waals surface area contributed by atoms with Gasteiger partial charge in [0, 0.05) is 24.4 Å². The predicted octanol–water partition coefficient (Wildman–Crippen LogP) is 1.79. The summed E-state index contributed by atoms with van der Waals surface area (Å²) < 4.78 is 15.7. The van der Waals surface area contributed by atoms with E-state index in [0.29, 0.717) is 23.8 Å². The normalized spacial score (nSPS) is 9.91. The van der Waals surface area contributed by atoms with Gasteiger partial charge in [-0.2, -0.15) is 0 Å². The molecule has 22 heavy (non-hydrogen) atoms. The van der Waals surface area contributed by atoms with Crippen molar-refractivity contribution in [2.45, 2.75) is 6.54 Å². The van der Waals surface area contributed by atoms with Gasteiger partial charge in [-0.05, 0) is 12.1 Å². The Morgan fingerprint density at radius 2 is 1.77 bits per heavy atom. The van der Waals surface area contributed by atoms with Crippen LogP contribution in [-0.2, 0) is 11.3 Å². The monoisotopic (exact) mass is 302 g/mol. The smallest absolute Gasteiger partial charge is 0.258 e. The highest BCUT2D eigenvalue weighted by atomic mass is 16.5. The lowest BCUT2D eigenvalue weighted by atomic mass is 10.3. The lowest BCUT2D eigenvalue weighted by Gasteiger charge is -2.10. The Morgan fingerprint density at radius 1 is 1.09 bits per heavy atom. The molecule has 0 radical (unpaired) electrons. The Balaban J connectivity index is 1.85. The molecule has 0 fully saturated rings. The highest BCUT2D eigenvalue weighted by Crippen LogP contribution is 2.27. The van der Waals surface area contributed by atoms with Crippen molar-refractivity contribution in [2.24, 2.45) is 0 Å². The van der Waals surface area contributed by atoms with Gasteiger partial charge < -0.3 is 19.5 Å². The first kappa shape index (κ1) is 15.6. The molecule has 0 aliphatic carbocycles. The average molecular weight is 302 g/mol. The number of nitrogens with zero attached hydrogens (tertiary/aromatic N) is 1. The second-order valence-corrected chi connectivity index (χ2v) is 4.43. The number of carbonyl (C=O) groups excluding carboxylic acids is 1. The third kappa shape index (κ3) is 4.66. The maximum atomic E-state index is 11.8. The minimum atomic E-state index is -0.229. The predicted molar refractivity (Wildman–Crippen MR) is 81.1 cm³/mol. The molecule has 2 aromatic rings. The second-order valence-electron chi connectivity index (χ2n) is 4.43. The van der Waals surface area contributed by atoms with Gasteiger partial charge in [-0.25, -0.2) is 0 Å². The lowest BCUT2D eigenvalue weighted by molar-refractivity contribution is -0.123. The summed E-state index contributed by atoms with van der Waals surface area (Å²) in [5.41, 5.74) is 0.791. The number of aromatic nitrogens is 1. The number of ether oxygens (including phenoxy) is 3. The van der Waals surface area contributed by atoms with Crippen LogP contribution in [0.4, 0.5) is 0 Å². The van der Waals surface area contributed by atoms with Gasteiger partial charge in [-0.1, -0.05) is 6.07 Å². The van der Waals surface area contributed by atoms with Crippen molar-refractivity contribution >= 4 is 5.91 Å². The Morgan fingerprint density at radius 3 is 2.36 bits per heavy atom. The van der Waals surface area contributed by atoms with Gasteiger partial charge in [-0.3, -0.25) is 9.78 Å². The fraction of sp³-hybridized carbons (Fsp3) is 0.250. The molecule has 0 saturated heterocycles. The topological polar surface area (TPSA) is 69.7 Å². The number of benzene rings is 1. The highest BCUT2D eigenvalue weighted by Gasteiger charge is 2.06. The maximum absolute atomic E-state index is 11.8. The molecule has 1 aromatic carbocycles. The number of nitrogens with one attached hydrogen (secondary N) is 1. The van der Waals surface area contributed by atoms with E-state index in [1.807, 2.05) is 18.2 Å². The van der Waals surface area contributed by atoms with E-state index in [-0.39, 0.29) is 12.5 Å². The number of hydrogen-bond acceptors (Lipinski definition) is 5. The van der Waals surface area contributed by atoms with Crippen LogP contribution in [0.2, 0.25) is 0 Å². The van der Waals surface area contributed by atoms with Crippen molar-refractivity contribution in [1.29, 1.82) is 0 Å². The van der Waals surface area contributed by atoms with Gasteiger partial charge in [0.15, 0.2) is 6.61 Å². The van der Waals surface area contributed by atoms with Crippen LogP contribution in [0.25, 0.3) is 0 Å². The van der Waals surface area contributed by atoms with E-state index < -0.39 is 0 Å². The molecule has 0 spiro atoms. The molecule has 1 aromatic heterocycles. The molecule has 116 valence electrons. The molecule has 0 aliphatic heterocycles. The van der Waals surface area contributed by atoms with Crippen molar-refractivity contribution < 1.29 is 19.0 Å². The van der Waals surface area contributed by atoms with Crippen LogP contribution < -0.4 is 19.5 Å². The van der Waals surface area contributed by atoms with Gasteiger partial charge in [0.25, 0.3) is 5.91 Å². The van der Waals surface area contributed by atoms with Gasteiger partial charge in [0.2, 0.25) is 0 Å². The molecule has 0 bridgehead atoms. The molecule has 6 nitrogen and oxygen atoms in total. The number of pyridine rings is 1. The number of methoxy groups -OCH3 is 2. The van der Waals surface area contributed by atoms with E-state index in [2.05, 4.69) is 10.3 Å². The van der Waals surface area contributed by atoms with Crippen LogP contribution >= 0.6 is 0 Å². The molecule has 0 unspecified atom stereocenters. The molecule has 1 amide bonds. The zero-order valence-electron chi connectivity index (χ0n) is 12.5. The fourth-order valence-corrected chi connectivity index (χ4v) is 1.76. The molecule has 0 saturated carbocycles. The average Bonchev–Trinajstić information content (AvgIpc) is 2.58. The maximum Gasteiger partial charge on any atom is 0.258 e. The van der Waals surface area contributed by atoms with E-state index in [4.69, 9.17) is 14.2 Å². The SMILES string of the molecule is COc1cc(OC)cc(OCC(=O)NCc2ccccn2)c1. The Labute approximate surface area is 129 Å². The number of carbonyl (C=O) groups is 1. The summed E-state index contributed by atoms with van der Waals surface area (Å²) in [7, 11) is 3.11. The van der Waals surface area contributed by atoms with Crippen molar-refractivity contribution in [2.75, 3.05) is 20.8 Å². The second kappa shape index (κ2) is 7.87. The Bertz CT molecular complexity index is 595. The number of amides is 1. The Hall–Kier alpha value is -2.76. The first-order chi connectivity index (χ1) is 10.7. The minimum absolute atomic E-state index is 0.0941. The third-order valence-electron chi connectivity index (χ3n) is 2.89.